The summed E-state index contributed by atoms with van der Waals surface area (Å²) < 4.78 is 11.9. The fourth-order valence-corrected chi connectivity index (χ4v) is 4.39. The van der Waals surface area contributed by atoms with Crippen LogP contribution in [0.2, 0.25) is 5.02 Å². The van der Waals surface area contributed by atoms with Crippen molar-refractivity contribution >= 4 is 28.3 Å². The molecule has 3 aromatic carbocycles. The minimum Gasteiger partial charge on any atom is -0.472 e. The zero-order valence-electron chi connectivity index (χ0n) is 17.4. The number of halogens is 1. The summed E-state index contributed by atoms with van der Waals surface area (Å²) in [6.45, 7) is 5.10. The molecule has 0 saturated heterocycles. The lowest BCUT2D eigenvalue weighted by molar-refractivity contribution is 0.287. The van der Waals surface area contributed by atoms with E-state index in [9.17, 15) is 4.79 Å². The molecule has 0 radical (unpaired) electrons. The highest BCUT2D eigenvalue weighted by Crippen LogP contribution is 2.37. The van der Waals surface area contributed by atoms with Crippen molar-refractivity contribution in [2.75, 3.05) is 11.6 Å². The van der Waals surface area contributed by atoms with Crippen LogP contribution < -0.4 is 15.3 Å². The molecule has 0 bridgehead atoms. The average Bonchev–Trinajstić information content (AvgIpc) is 2.79. The van der Waals surface area contributed by atoms with Gasteiger partial charge in [0, 0.05) is 45.8 Å². The topological polar surface area (TPSA) is 42.7 Å². The van der Waals surface area contributed by atoms with E-state index in [0.29, 0.717) is 35.9 Å². The van der Waals surface area contributed by atoms with Crippen LogP contribution in [0.5, 0.6) is 5.75 Å². The predicted molar refractivity (Wildman–Crippen MR) is 124 cm³/mol. The van der Waals surface area contributed by atoms with Crippen LogP contribution >= 0.6 is 11.6 Å². The summed E-state index contributed by atoms with van der Waals surface area (Å²) in [6.07, 6.45) is 0.550. The highest BCUT2D eigenvalue weighted by molar-refractivity contribution is 6.30. The van der Waals surface area contributed by atoms with Crippen LogP contribution in [0.4, 0.5) is 5.69 Å². The highest BCUT2D eigenvalue weighted by atomic mass is 35.5. The van der Waals surface area contributed by atoms with Crippen LogP contribution in [0, 0.1) is 13.8 Å². The van der Waals surface area contributed by atoms with Gasteiger partial charge in [0.25, 0.3) is 0 Å². The largest absolute Gasteiger partial charge is 0.472 e. The van der Waals surface area contributed by atoms with Gasteiger partial charge in [-0.25, -0.2) is 4.79 Å². The third-order valence-corrected chi connectivity index (χ3v) is 6.23. The second-order valence-corrected chi connectivity index (χ2v) is 8.41. The van der Waals surface area contributed by atoms with Crippen LogP contribution in [0.25, 0.3) is 11.0 Å². The summed E-state index contributed by atoms with van der Waals surface area (Å²) in [5.41, 5.74) is 6.07. The van der Waals surface area contributed by atoms with Crippen LogP contribution in [-0.4, -0.2) is 6.73 Å². The van der Waals surface area contributed by atoms with Crippen LogP contribution in [0.1, 0.15) is 27.8 Å². The lowest BCUT2D eigenvalue weighted by atomic mass is 9.96. The van der Waals surface area contributed by atoms with Gasteiger partial charge in [0.15, 0.2) is 6.73 Å². The number of nitrogens with zero attached hydrogens (tertiary/aromatic N) is 1. The number of aryl methyl sites for hydroxylation is 2. The van der Waals surface area contributed by atoms with E-state index in [2.05, 4.69) is 11.0 Å². The number of ether oxygens (including phenoxy) is 1. The van der Waals surface area contributed by atoms with Gasteiger partial charge >= 0.3 is 5.63 Å². The van der Waals surface area contributed by atoms with Crippen molar-refractivity contribution in [3.63, 3.8) is 0 Å². The average molecular weight is 432 g/mol. The van der Waals surface area contributed by atoms with Crippen LogP contribution in [0.15, 0.2) is 69.9 Å². The first-order valence-corrected chi connectivity index (χ1v) is 10.6. The van der Waals surface area contributed by atoms with E-state index in [4.69, 9.17) is 20.8 Å². The van der Waals surface area contributed by atoms with E-state index in [1.54, 1.807) is 0 Å². The summed E-state index contributed by atoms with van der Waals surface area (Å²) in [6, 6.07) is 19.8. The quantitative estimate of drug-likeness (QED) is 0.372. The standard InChI is InChI=1S/C26H22ClNO3/c1-16-22-13-19-14-28(21-10-8-20(27)9-11-21)15-30-24(19)17(2)25(22)31-26(29)23(16)12-18-6-4-3-5-7-18/h3-11,13H,12,14-15H2,1-2H3. The molecule has 5 rings (SSSR count). The number of fused-ring (bicyclic) bond motifs is 2. The Kier molecular flexibility index (Phi) is 4.95. The summed E-state index contributed by atoms with van der Waals surface area (Å²) in [5, 5.41) is 1.67. The lowest BCUT2D eigenvalue weighted by Crippen LogP contribution is -2.32. The van der Waals surface area contributed by atoms with E-state index in [1.165, 1.54) is 0 Å². The monoisotopic (exact) mass is 431 g/mol. The number of anilines is 1. The van der Waals surface area contributed by atoms with Crippen molar-refractivity contribution in [1.82, 2.24) is 0 Å². The molecule has 1 aliphatic heterocycles. The number of rotatable bonds is 3. The van der Waals surface area contributed by atoms with E-state index >= 15 is 0 Å². The van der Waals surface area contributed by atoms with Crippen LogP contribution in [-0.2, 0) is 13.0 Å². The molecule has 31 heavy (non-hydrogen) atoms. The normalized spacial score (nSPS) is 13.2. The zero-order chi connectivity index (χ0) is 21.5. The molecular formula is C26H22ClNO3. The maximum absolute atomic E-state index is 12.8. The lowest BCUT2D eigenvalue weighted by Gasteiger charge is -2.32. The van der Waals surface area contributed by atoms with Gasteiger partial charge in [0.05, 0.1) is 0 Å². The van der Waals surface area contributed by atoms with Gasteiger partial charge in [-0.1, -0.05) is 41.9 Å². The van der Waals surface area contributed by atoms with E-state index in [-0.39, 0.29) is 5.63 Å². The van der Waals surface area contributed by atoms with Gasteiger partial charge in [-0.3, -0.25) is 0 Å². The molecule has 156 valence electrons. The minimum absolute atomic E-state index is 0.282. The van der Waals surface area contributed by atoms with Gasteiger partial charge < -0.3 is 14.1 Å². The van der Waals surface area contributed by atoms with Gasteiger partial charge in [-0.2, -0.15) is 0 Å². The number of benzene rings is 3. The smallest absolute Gasteiger partial charge is 0.340 e. The molecule has 0 fully saturated rings. The van der Waals surface area contributed by atoms with Gasteiger partial charge in [0.2, 0.25) is 0 Å². The van der Waals surface area contributed by atoms with Crippen molar-refractivity contribution < 1.29 is 9.15 Å². The van der Waals surface area contributed by atoms with Crippen molar-refractivity contribution in [1.29, 1.82) is 0 Å². The second kappa shape index (κ2) is 7.78. The van der Waals surface area contributed by atoms with Crippen molar-refractivity contribution in [3.05, 3.63) is 104 Å². The molecular weight excluding hydrogens is 410 g/mol. The second-order valence-electron chi connectivity index (χ2n) is 7.97. The molecule has 0 aliphatic carbocycles. The molecule has 1 aromatic heterocycles. The van der Waals surface area contributed by atoms with Crippen molar-refractivity contribution in [2.24, 2.45) is 0 Å². The highest BCUT2D eigenvalue weighted by Gasteiger charge is 2.24. The Morgan fingerprint density at radius 2 is 1.74 bits per heavy atom. The molecule has 0 atom stereocenters. The molecule has 2 heterocycles. The number of hydrogen-bond donors (Lipinski definition) is 0. The summed E-state index contributed by atoms with van der Waals surface area (Å²) in [4.78, 5) is 15.0. The molecule has 4 nitrogen and oxygen atoms in total. The molecule has 5 heteroatoms. The Morgan fingerprint density at radius 3 is 2.48 bits per heavy atom. The van der Waals surface area contributed by atoms with E-state index in [0.717, 1.165) is 39.1 Å². The third-order valence-electron chi connectivity index (χ3n) is 5.98. The van der Waals surface area contributed by atoms with Crippen LogP contribution in [0.3, 0.4) is 0 Å². The Labute approximate surface area is 185 Å². The number of hydrogen-bond acceptors (Lipinski definition) is 4. The Morgan fingerprint density at radius 1 is 1.00 bits per heavy atom. The molecule has 1 aliphatic rings. The Hall–Kier alpha value is -3.24. The maximum Gasteiger partial charge on any atom is 0.340 e. The first kappa shape index (κ1) is 19.7. The predicted octanol–water partition coefficient (Wildman–Crippen LogP) is 6.01. The van der Waals surface area contributed by atoms with E-state index < -0.39 is 0 Å². The summed E-state index contributed by atoms with van der Waals surface area (Å²) >= 11 is 6.04. The Bertz CT molecular complexity index is 1330. The SMILES string of the molecule is Cc1c(Cc2ccccc2)c(=O)oc2c(C)c3c(cc12)CN(c1ccc(Cl)cc1)CO3. The Balaban J connectivity index is 1.59. The first-order chi connectivity index (χ1) is 15.0. The summed E-state index contributed by atoms with van der Waals surface area (Å²) in [5.74, 6) is 0.802. The molecule has 4 aromatic rings. The minimum atomic E-state index is -0.282. The van der Waals surface area contributed by atoms with Crippen molar-refractivity contribution in [3.8, 4) is 5.75 Å². The van der Waals surface area contributed by atoms with Crippen molar-refractivity contribution in [2.45, 2.75) is 26.8 Å². The van der Waals surface area contributed by atoms with Gasteiger partial charge in [-0.15, -0.1) is 0 Å². The van der Waals surface area contributed by atoms with E-state index in [1.807, 2.05) is 68.4 Å². The van der Waals surface area contributed by atoms with Gasteiger partial charge in [0.1, 0.15) is 11.3 Å². The fraction of sp³-hybridized carbons (Fsp3) is 0.192. The molecule has 0 saturated carbocycles. The third kappa shape index (κ3) is 3.57. The fourth-order valence-electron chi connectivity index (χ4n) is 4.27. The first-order valence-electron chi connectivity index (χ1n) is 10.3. The molecule has 0 N–H and O–H groups in total. The molecule has 0 amide bonds. The summed E-state index contributed by atoms with van der Waals surface area (Å²) in [7, 11) is 0. The molecule has 0 spiro atoms. The zero-order valence-corrected chi connectivity index (χ0v) is 18.2. The molecule has 0 unspecified atom stereocenters. The van der Waals surface area contributed by atoms with Gasteiger partial charge in [-0.05, 0) is 55.3 Å². The maximum atomic E-state index is 12.8.